The molecule has 5 heterocycles. The number of nitrogens with one attached hydrogen (secondary N) is 2. The van der Waals surface area contributed by atoms with Crippen LogP contribution >= 0.6 is 21.6 Å². The van der Waals surface area contributed by atoms with Crippen LogP contribution in [0.1, 0.15) is 72.1 Å². The number of allylic oxidation sites excluding steroid dienone is 1. The fourth-order valence-electron chi connectivity index (χ4n) is 10.3. The number of hydrogen-bond donors (Lipinski definition) is 3. The van der Waals surface area contributed by atoms with Gasteiger partial charge in [0.15, 0.2) is 0 Å². The summed E-state index contributed by atoms with van der Waals surface area (Å²) in [7, 11) is 5.73. The van der Waals surface area contributed by atoms with Gasteiger partial charge in [-0.15, -0.1) is 0 Å². The summed E-state index contributed by atoms with van der Waals surface area (Å²) >= 11 is 0. The number of ether oxygens (including phenoxy) is 3. The largest absolute Gasteiger partial charge is 0.462 e. The maximum absolute atomic E-state index is 14.1. The molecule has 266 valence electrons. The fourth-order valence-corrected chi connectivity index (χ4v) is 12.8. The van der Waals surface area contributed by atoms with Crippen molar-refractivity contribution in [1.29, 1.82) is 0 Å². The molecule has 12 unspecified atom stereocenters. The van der Waals surface area contributed by atoms with E-state index in [0.29, 0.717) is 56.1 Å². The number of rotatable bonds is 4. The summed E-state index contributed by atoms with van der Waals surface area (Å²) in [5, 5.41) is 6.84. The van der Waals surface area contributed by atoms with Gasteiger partial charge in [0, 0.05) is 80.3 Å². The highest BCUT2D eigenvalue weighted by atomic mass is 33.1. The minimum absolute atomic E-state index is 0.0637. The number of carbonyl (C=O) groups is 3. The average Bonchev–Trinajstić information content (AvgIpc) is 3.42. The van der Waals surface area contributed by atoms with E-state index in [1.807, 2.05) is 35.6 Å². The smallest absolute Gasteiger partial charge is 0.334 e. The molecule has 48 heavy (non-hydrogen) atoms. The van der Waals surface area contributed by atoms with Crippen LogP contribution < -0.4 is 16.4 Å². The Morgan fingerprint density at radius 3 is 2.83 bits per heavy atom. The van der Waals surface area contributed by atoms with Gasteiger partial charge in [-0.1, -0.05) is 39.3 Å². The molecule has 7 rings (SSSR count). The molecule has 10 nitrogen and oxygen atoms in total. The number of esters is 2. The van der Waals surface area contributed by atoms with Crippen LogP contribution in [0.5, 0.6) is 0 Å². The Labute approximate surface area is 293 Å². The summed E-state index contributed by atoms with van der Waals surface area (Å²) in [6.45, 7) is 8.13. The molecule has 2 aliphatic carbocycles. The van der Waals surface area contributed by atoms with E-state index in [0.717, 1.165) is 43.9 Å². The first-order valence-corrected chi connectivity index (χ1v) is 20.6. The zero-order valence-electron chi connectivity index (χ0n) is 28.9. The Hall–Kier alpha value is -1.57. The van der Waals surface area contributed by atoms with E-state index in [-0.39, 0.29) is 65.9 Å². The molecule has 0 aromatic heterocycles. The lowest BCUT2D eigenvalue weighted by molar-refractivity contribution is -0.229. The topological polar surface area (TPSA) is 132 Å². The number of nitrogens with zero attached hydrogens (tertiary/aromatic N) is 1. The van der Waals surface area contributed by atoms with Gasteiger partial charge in [-0.25, -0.2) is 4.79 Å². The lowest BCUT2D eigenvalue weighted by atomic mass is 9.56. The monoisotopic (exact) mass is 702 g/mol. The molecule has 12 atom stereocenters. The second kappa shape index (κ2) is 13.9. The predicted molar refractivity (Wildman–Crippen MR) is 188 cm³/mol. The van der Waals surface area contributed by atoms with E-state index >= 15 is 0 Å². The van der Waals surface area contributed by atoms with Crippen LogP contribution in [0.25, 0.3) is 0 Å². The van der Waals surface area contributed by atoms with Gasteiger partial charge in [0.05, 0.1) is 12.3 Å². The Kier molecular flexibility index (Phi) is 10.1. The zero-order chi connectivity index (χ0) is 33.8. The fraction of sp³-hybridized carbons (Fsp3) is 0.806. The van der Waals surface area contributed by atoms with Crippen LogP contribution in [0.3, 0.4) is 0 Å². The van der Waals surface area contributed by atoms with E-state index in [2.05, 4.69) is 28.5 Å². The van der Waals surface area contributed by atoms with Gasteiger partial charge in [0.1, 0.15) is 17.3 Å². The summed E-state index contributed by atoms with van der Waals surface area (Å²) in [5.41, 5.74) is 6.89. The van der Waals surface area contributed by atoms with Gasteiger partial charge in [-0.3, -0.25) is 9.59 Å². The van der Waals surface area contributed by atoms with E-state index in [1.165, 1.54) is 5.57 Å². The SMILES string of the molecule is CC=C(C)C(=O)OC1(C)CC=C2CSSCC3C(CNC)CN3C(=O)CC3CNC(N)CC3C2C12CC1CC3CCC(=O)OC3CC1O2. The minimum atomic E-state index is -0.928. The Morgan fingerprint density at radius 1 is 1.21 bits per heavy atom. The van der Waals surface area contributed by atoms with Crippen LogP contribution in [0.2, 0.25) is 0 Å². The Bertz CT molecular complexity index is 1350. The molecule has 5 aliphatic heterocycles. The molecule has 0 bridgehead atoms. The van der Waals surface area contributed by atoms with Crippen molar-refractivity contribution >= 4 is 39.4 Å². The van der Waals surface area contributed by atoms with Crippen molar-refractivity contribution in [2.75, 3.05) is 38.2 Å². The van der Waals surface area contributed by atoms with Crippen molar-refractivity contribution in [3.8, 4) is 0 Å². The number of piperidine rings is 1. The molecule has 1 amide bonds. The van der Waals surface area contributed by atoms with Gasteiger partial charge < -0.3 is 35.5 Å². The molecular formula is C36H54N4O6S2. The number of amides is 1. The average molecular weight is 703 g/mol. The molecule has 6 fully saturated rings. The first-order valence-electron chi connectivity index (χ1n) is 18.2. The summed E-state index contributed by atoms with van der Waals surface area (Å²) in [6, 6.07) is 0.248. The number of carbonyl (C=O) groups excluding carboxylic acids is 3. The van der Waals surface area contributed by atoms with Crippen molar-refractivity contribution in [3.63, 3.8) is 0 Å². The molecule has 12 heteroatoms. The van der Waals surface area contributed by atoms with Gasteiger partial charge in [0.25, 0.3) is 0 Å². The number of hydrogen-bond acceptors (Lipinski definition) is 11. The number of nitrogens with two attached hydrogens (primary N) is 1. The van der Waals surface area contributed by atoms with Crippen molar-refractivity contribution in [2.24, 2.45) is 41.2 Å². The van der Waals surface area contributed by atoms with Crippen molar-refractivity contribution < 1.29 is 28.6 Å². The van der Waals surface area contributed by atoms with E-state index in [1.54, 1.807) is 13.0 Å². The number of fused-ring (bicyclic) bond motifs is 7. The predicted octanol–water partition coefficient (Wildman–Crippen LogP) is 3.80. The molecule has 0 aromatic rings. The molecule has 7 aliphatic rings. The van der Waals surface area contributed by atoms with E-state index < -0.39 is 11.2 Å². The Morgan fingerprint density at radius 2 is 2.04 bits per heavy atom. The summed E-state index contributed by atoms with van der Waals surface area (Å²) in [5.74, 6) is 2.68. The molecular weight excluding hydrogens is 649 g/mol. The second-order valence-corrected chi connectivity index (χ2v) is 18.2. The highest BCUT2D eigenvalue weighted by Crippen LogP contribution is 2.62. The highest BCUT2D eigenvalue weighted by molar-refractivity contribution is 8.76. The van der Waals surface area contributed by atoms with Gasteiger partial charge >= 0.3 is 11.9 Å². The minimum Gasteiger partial charge on any atom is -0.462 e. The third-order valence-corrected chi connectivity index (χ3v) is 15.4. The van der Waals surface area contributed by atoms with E-state index in [9.17, 15) is 14.4 Å². The van der Waals surface area contributed by atoms with Crippen LogP contribution in [-0.2, 0) is 28.6 Å². The molecule has 0 aromatic carbocycles. The first-order chi connectivity index (χ1) is 23.1. The first kappa shape index (κ1) is 34.9. The zero-order valence-corrected chi connectivity index (χ0v) is 30.5. The second-order valence-electron chi connectivity index (χ2n) is 15.7. The molecule has 1 saturated carbocycles. The normalized spacial score (nSPS) is 44.7. The lowest BCUT2D eigenvalue weighted by Gasteiger charge is -2.57. The maximum atomic E-state index is 14.1. The van der Waals surface area contributed by atoms with Crippen molar-refractivity contribution in [1.82, 2.24) is 15.5 Å². The van der Waals surface area contributed by atoms with Crippen LogP contribution in [0, 0.1) is 35.5 Å². The third kappa shape index (κ3) is 6.18. The van der Waals surface area contributed by atoms with Crippen molar-refractivity contribution in [3.05, 3.63) is 23.3 Å². The van der Waals surface area contributed by atoms with Gasteiger partial charge in [0.2, 0.25) is 5.91 Å². The third-order valence-electron chi connectivity index (χ3n) is 13.0. The van der Waals surface area contributed by atoms with Crippen molar-refractivity contribution in [2.45, 2.75) is 108 Å². The highest BCUT2D eigenvalue weighted by Gasteiger charge is 2.68. The summed E-state index contributed by atoms with van der Waals surface area (Å²) in [6.07, 6.45) is 9.17. The quantitative estimate of drug-likeness (QED) is 0.171. The van der Waals surface area contributed by atoms with Gasteiger partial charge in [-0.05, 0) is 77.2 Å². The molecule has 4 N–H and O–H groups in total. The molecule has 0 radical (unpaired) electrons. The Balaban J connectivity index is 1.28. The molecule has 5 saturated heterocycles. The summed E-state index contributed by atoms with van der Waals surface area (Å²) < 4.78 is 20.0. The maximum Gasteiger partial charge on any atom is 0.334 e. The lowest BCUT2D eigenvalue weighted by Crippen LogP contribution is -2.66. The molecule has 1 spiro atoms. The van der Waals surface area contributed by atoms with E-state index in [4.69, 9.17) is 19.9 Å². The van der Waals surface area contributed by atoms with Crippen LogP contribution in [0.4, 0.5) is 0 Å². The van der Waals surface area contributed by atoms with Crippen LogP contribution in [0.15, 0.2) is 23.3 Å². The standard InChI is InChI=1S/C36H54N4O6S2/c1-5-20(2)34(43)46-35(3)9-8-22-18-47-48-19-27-25(15-38-4)17-40(27)31(41)11-24-16-39-30(37)12-26(24)33(22)36(35)14-23-10-21-6-7-32(42)44-28(21)13-29(23)45-36/h5,8,21,23-30,33,38-39H,6-7,9-19,37H2,1-4H3. The van der Waals surface area contributed by atoms with Gasteiger partial charge in [-0.2, -0.15) is 0 Å². The van der Waals surface area contributed by atoms with Crippen LogP contribution in [-0.4, -0.2) is 96.6 Å². The summed E-state index contributed by atoms with van der Waals surface area (Å²) in [4.78, 5) is 42.1.